The zero-order valence-electron chi connectivity index (χ0n) is 9.53. The van der Waals surface area contributed by atoms with Crippen LogP contribution in [0.15, 0.2) is 28.7 Å². The van der Waals surface area contributed by atoms with Crippen LogP contribution < -0.4 is 0 Å². The number of carboxylic acids is 1. The van der Waals surface area contributed by atoms with Gasteiger partial charge in [0.05, 0.1) is 0 Å². The van der Waals surface area contributed by atoms with Crippen LogP contribution in [-0.2, 0) is 11.3 Å². The van der Waals surface area contributed by atoms with E-state index < -0.39 is 25.4 Å². The Balaban J connectivity index is 2.27. The lowest BCUT2D eigenvalue weighted by Crippen LogP contribution is -2.17. The van der Waals surface area contributed by atoms with Gasteiger partial charge in [0, 0.05) is 5.39 Å². The molecule has 0 amide bonds. The molecular formula is C12H9F3O4. The van der Waals surface area contributed by atoms with Gasteiger partial charge in [-0.05, 0) is 6.07 Å². The second kappa shape index (κ2) is 4.93. The lowest BCUT2D eigenvalue weighted by molar-refractivity contribution is -0.177. The normalized spacial score (nSPS) is 11.9. The van der Waals surface area contributed by atoms with E-state index in [1.54, 1.807) is 12.1 Å². The van der Waals surface area contributed by atoms with Gasteiger partial charge in [-0.15, -0.1) is 0 Å². The molecule has 2 rings (SSSR count). The van der Waals surface area contributed by atoms with E-state index >= 15 is 0 Å². The minimum absolute atomic E-state index is 0.127. The number of ether oxygens (including phenoxy) is 1. The number of halogens is 3. The first-order valence-electron chi connectivity index (χ1n) is 5.26. The van der Waals surface area contributed by atoms with E-state index in [2.05, 4.69) is 4.74 Å². The Morgan fingerprint density at radius 2 is 2.00 bits per heavy atom. The van der Waals surface area contributed by atoms with Crippen LogP contribution >= 0.6 is 0 Å². The molecule has 4 nitrogen and oxygen atoms in total. The SMILES string of the molecule is O=C(O)c1c(COCC(F)(F)F)oc2ccccc12. The van der Waals surface area contributed by atoms with Gasteiger partial charge in [0.15, 0.2) is 0 Å². The Morgan fingerprint density at radius 3 is 2.63 bits per heavy atom. The van der Waals surface area contributed by atoms with Crippen LogP contribution in [0, 0.1) is 0 Å². The van der Waals surface area contributed by atoms with Gasteiger partial charge in [-0.25, -0.2) is 4.79 Å². The smallest absolute Gasteiger partial charge is 0.411 e. The van der Waals surface area contributed by atoms with E-state index in [0.717, 1.165) is 0 Å². The van der Waals surface area contributed by atoms with Crippen LogP contribution in [0.1, 0.15) is 16.1 Å². The summed E-state index contributed by atoms with van der Waals surface area (Å²) in [6.07, 6.45) is -4.46. The fourth-order valence-electron chi connectivity index (χ4n) is 1.69. The Labute approximate surface area is 105 Å². The number of benzene rings is 1. The second-order valence-electron chi connectivity index (χ2n) is 3.81. The summed E-state index contributed by atoms with van der Waals surface area (Å²) in [5.74, 6) is -1.39. The number of furan rings is 1. The van der Waals surface area contributed by atoms with Gasteiger partial charge < -0.3 is 14.3 Å². The predicted molar refractivity (Wildman–Crippen MR) is 58.9 cm³/mol. The number of carbonyl (C=O) groups is 1. The number of para-hydroxylation sites is 1. The molecule has 2 aromatic rings. The molecule has 102 valence electrons. The van der Waals surface area contributed by atoms with Crippen molar-refractivity contribution in [3.05, 3.63) is 35.6 Å². The first kappa shape index (κ1) is 13.4. The average molecular weight is 274 g/mol. The summed E-state index contributed by atoms with van der Waals surface area (Å²) in [6.45, 7) is -2.00. The van der Waals surface area contributed by atoms with E-state index in [0.29, 0.717) is 11.0 Å². The number of aromatic carboxylic acids is 1. The molecule has 0 spiro atoms. The van der Waals surface area contributed by atoms with Crippen LogP contribution in [0.5, 0.6) is 0 Å². The fourth-order valence-corrected chi connectivity index (χ4v) is 1.69. The maximum Gasteiger partial charge on any atom is 0.411 e. The monoisotopic (exact) mass is 274 g/mol. The molecule has 0 unspecified atom stereocenters. The molecule has 0 atom stereocenters. The molecule has 7 heteroatoms. The van der Waals surface area contributed by atoms with Crippen molar-refractivity contribution in [3.8, 4) is 0 Å². The minimum Gasteiger partial charge on any atom is -0.478 e. The predicted octanol–water partition coefficient (Wildman–Crippen LogP) is 3.21. The van der Waals surface area contributed by atoms with Gasteiger partial charge in [-0.3, -0.25) is 0 Å². The van der Waals surface area contributed by atoms with Crippen molar-refractivity contribution >= 4 is 16.9 Å². The van der Waals surface area contributed by atoms with Gasteiger partial charge >= 0.3 is 12.1 Å². The Bertz CT molecular complexity index is 601. The van der Waals surface area contributed by atoms with Gasteiger partial charge in [0.2, 0.25) is 0 Å². The maximum absolute atomic E-state index is 12.0. The quantitative estimate of drug-likeness (QED) is 0.930. The van der Waals surface area contributed by atoms with Crippen LogP contribution in [0.4, 0.5) is 13.2 Å². The van der Waals surface area contributed by atoms with E-state index in [4.69, 9.17) is 9.52 Å². The molecule has 0 radical (unpaired) electrons. The first-order chi connectivity index (χ1) is 8.88. The summed E-state index contributed by atoms with van der Waals surface area (Å²) in [5, 5.41) is 9.41. The van der Waals surface area contributed by atoms with E-state index in [1.807, 2.05) is 0 Å². The summed E-state index contributed by atoms with van der Waals surface area (Å²) in [5.41, 5.74) is 0.128. The highest BCUT2D eigenvalue weighted by molar-refractivity contribution is 6.03. The summed E-state index contributed by atoms with van der Waals surface area (Å²) in [7, 11) is 0. The first-order valence-corrected chi connectivity index (χ1v) is 5.26. The van der Waals surface area contributed by atoms with Crippen LogP contribution in [0.3, 0.4) is 0 Å². The van der Waals surface area contributed by atoms with E-state index in [1.165, 1.54) is 12.1 Å². The summed E-state index contributed by atoms with van der Waals surface area (Å²) >= 11 is 0. The van der Waals surface area contributed by atoms with Crippen LogP contribution in [0.2, 0.25) is 0 Å². The topological polar surface area (TPSA) is 59.7 Å². The largest absolute Gasteiger partial charge is 0.478 e. The molecule has 0 saturated carbocycles. The molecule has 1 aromatic heterocycles. The summed E-state index contributed by atoms with van der Waals surface area (Å²) in [4.78, 5) is 11.1. The fraction of sp³-hybridized carbons (Fsp3) is 0.250. The van der Waals surface area contributed by atoms with E-state index in [-0.39, 0.29) is 11.3 Å². The maximum atomic E-state index is 12.0. The van der Waals surface area contributed by atoms with Crippen molar-refractivity contribution in [2.75, 3.05) is 6.61 Å². The highest BCUT2D eigenvalue weighted by atomic mass is 19.4. The van der Waals surface area contributed by atoms with E-state index in [9.17, 15) is 18.0 Å². The molecule has 1 N–H and O–H groups in total. The molecule has 0 aliphatic heterocycles. The van der Waals surface area contributed by atoms with Crippen molar-refractivity contribution in [1.82, 2.24) is 0 Å². The van der Waals surface area contributed by atoms with Crippen molar-refractivity contribution in [3.63, 3.8) is 0 Å². The lowest BCUT2D eigenvalue weighted by atomic mass is 10.1. The molecule has 0 saturated heterocycles. The second-order valence-corrected chi connectivity index (χ2v) is 3.81. The van der Waals surface area contributed by atoms with Gasteiger partial charge in [-0.2, -0.15) is 13.2 Å². The van der Waals surface area contributed by atoms with Crippen LogP contribution in [0.25, 0.3) is 11.0 Å². The van der Waals surface area contributed by atoms with Crippen LogP contribution in [-0.4, -0.2) is 23.9 Å². The minimum atomic E-state index is -4.46. The highest BCUT2D eigenvalue weighted by Crippen LogP contribution is 2.27. The summed E-state index contributed by atoms with van der Waals surface area (Å²) < 4.78 is 45.5. The third kappa shape index (κ3) is 3.05. The molecule has 0 fully saturated rings. The Hall–Kier alpha value is -2.02. The van der Waals surface area contributed by atoms with Gasteiger partial charge in [0.25, 0.3) is 0 Å². The number of fused-ring (bicyclic) bond motifs is 1. The van der Waals surface area contributed by atoms with Crippen molar-refractivity contribution in [2.45, 2.75) is 12.8 Å². The van der Waals surface area contributed by atoms with Crippen molar-refractivity contribution in [1.29, 1.82) is 0 Å². The Kier molecular flexibility index (Phi) is 3.48. The number of rotatable bonds is 4. The third-order valence-electron chi connectivity index (χ3n) is 2.38. The summed E-state index contributed by atoms with van der Waals surface area (Å²) in [6, 6.07) is 6.31. The Morgan fingerprint density at radius 1 is 1.32 bits per heavy atom. The molecular weight excluding hydrogens is 265 g/mol. The number of hydrogen-bond acceptors (Lipinski definition) is 3. The zero-order valence-corrected chi connectivity index (χ0v) is 9.53. The molecule has 19 heavy (non-hydrogen) atoms. The highest BCUT2D eigenvalue weighted by Gasteiger charge is 2.28. The molecule has 0 aliphatic carbocycles. The van der Waals surface area contributed by atoms with Gasteiger partial charge in [-0.1, -0.05) is 18.2 Å². The van der Waals surface area contributed by atoms with Crippen molar-refractivity contribution < 1.29 is 32.2 Å². The van der Waals surface area contributed by atoms with Crippen molar-refractivity contribution in [2.24, 2.45) is 0 Å². The third-order valence-corrected chi connectivity index (χ3v) is 2.38. The molecule has 0 aliphatic rings. The molecule has 1 heterocycles. The lowest BCUT2D eigenvalue weighted by Gasteiger charge is -2.06. The average Bonchev–Trinajstić information content (AvgIpc) is 2.65. The van der Waals surface area contributed by atoms with Gasteiger partial charge in [0.1, 0.15) is 30.1 Å². The number of alkyl halides is 3. The molecule has 1 aromatic carbocycles. The molecule has 0 bridgehead atoms. The number of carboxylic acid groups (broad SMARTS) is 1. The number of hydrogen-bond donors (Lipinski definition) is 1. The standard InChI is InChI=1S/C12H9F3O4/c13-12(14,15)6-18-5-9-10(11(16)17)7-3-1-2-4-8(7)19-9/h1-4H,5-6H2,(H,16,17). The zero-order chi connectivity index (χ0) is 14.0.